The van der Waals surface area contributed by atoms with Crippen molar-refractivity contribution in [3.05, 3.63) is 71.6 Å². The minimum atomic E-state index is -0.702. The van der Waals surface area contributed by atoms with E-state index < -0.39 is 12.1 Å². The molecule has 0 spiro atoms. The summed E-state index contributed by atoms with van der Waals surface area (Å²) >= 11 is 0. The molecule has 4 amide bonds. The van der Waals surface area contributed by atoms with Gasteiger partial charge in [-0.3, -0.25) is 14.4 Å². The number of alkyl carbamates (subject to hydrolysis) is 1. The van der Waals surface area contributed by atoms with E-state index in [2.05, 4.69) is 68.1 Å². The number of hydrogen-bond acceptors (Lipinski definition) is 7. The normalized spacial score (nSPS) is 15.5. The maximum absolute atomic E-state index is 13.4. The highest BCUT2D eigenvalue weighted by Crippen LogP contribution is 2.38. The molecule has 4 aromatic rings. The van der Waals surface area contributed by atoms with Crippen LogP contribution in [0.15, 0.2) is 48.7 Å². The summed E-state index contributed by atoms with van der Waals surface area (Å²) in [5.41, 5.74) is 8.48. The van der Waals surface area contributed by atoms with Crippen LogP contribution < -0.4 is 10.6 Å². The summed E-state index contributed by atoms with van der Waals surface area (Å²) in [5.74, 6) is 1.09. The summed E-state index contributed by atoms with van der Waals surface area (Å²) in [6, 6.07) is 14.0. The molecule has 1 aliphatic heterocycles. The van der Waals surface area contributed by atoms with Gasteiger partial charge in [0.2, 0.25) is 18.2 Å². The number of carbonyl (C=O) groups excluding carboxylic acids is 4. The third-order valence-corrected chi connectivity index (χ3v) is 9.72. The first-order valence-corrected chi connectivity index (χ1v) is 17.7. The van der Waals surface area contributed by atoms with Crippen LogP contribution >= 0.6 is 0 Å². The van der Waals surface area contributed by atoms with Crippen LogP contribution in [0.2, 0.25) is 0 Å². The van der Waals surface area contributed by atoms with Crippen LogP contribution in [0.4, 0.5) is 4.79 Å². The zero-order valence-electron chi connectivity index (χ0n) is 29.6. The molecule has 1 saturated heterocycles. The second-order valence-corrected chi connectivity index (χ2v) is 13.5. The fourth-order valence-electron chi connectivity index (χ4n) is 7.09. The molecule has 1 unspecified atom stereocenters. The largest absolute Gasteiger partial charge is 0.453 e. The van der Waals surface area contributed by atoms with E-state index in [0.717, 1.165) is 77.3 Å². The van der Waals surface area contributed by atoms with Gasteiger partial charge in [-0.2, -0.15) is 0 Å². The molecule has 3 heterocycles. The maximum atomic E-state index is 13.4. The molecule has 13 heteroatoms. The third kappa shape index (κ3) is 7.67. The summed E-state index contributed by atoms with van der Waals surface area (Å²) in [5, 5.41) is 5.16. The average Bonchev–Trinajstić information content (AvgIpc) is 3.92. The van der Waals surface area contributed by atoms with Gasteiger partial charge < -0.3 is 35.1 Å². The van der Waals surface area contributed by atoms with E-state index in [0.29, 0.717) is 31.9 Å². The van der Waals surface area contributed by atoms with E-state index in [1.165, 1.54) is 12.7 Å². The van der Waals surface area contributed by atoms with Crippen molar-refractivity contribution in [3.8, 4) is 33.6 Å². The minimum Gasteiger partial charge on any atom is -0.453 e. The number of benzene rings is 2. The lowest BCUT2D eigenvalue weighted by atomic mass is 9.89. The Hall–Kier alpha value is -5.46. The number of rotatable bonds is 13. The molecule has 2 aromatic heterocycles. The number of fused-ring (bicyclic) bond motifs is 3. The number of aromatic amines is 2. The Balaban J connectivity index is 1.14. The van der Waals surface area contributed by atoms with Crippen LogP contribution in [0, 0.1) is 5.92 Å². The molecule has 6 rings (SSSR count). The fraction of sp³-hybridized carbons (Fsp3) is 0.421. The highest BCUT2D eigenvalue weighted by atomic mass is 16.5. The minimum absolute atomic E-state index is 0.00618. The van der Waals surface area contributed by atoms with Crippen molar-refractivity contribution in [2.45, 2.75) is 71.5 Å². The number of imidazole rings is 2. The molecule has 1 aliphatic carbocycles. The van der Waals surface area contributed by atoms with Crippen molar-refractivity contribution in [1.82, 2.24) is 40.4 Å². The van der Waals surface area contributed by atoms with Gasteiger partial charge in [0.05, 0.1) is 49.5 Å². The van der Waals surface area contributed by atoms with Crippen LogP contribution in [0.25, 0.3) is 33.6 Å². The van der Waals surface area contributed by atoms with Crippen LogP contribution in [-0.2, 0) is 38.5 Å². The van der Waals surface area contributed by atoms with Crippen LogP contribution in [0.3, 0.4) is 0 Å². The number of methoxy groups -OCH3 is 1. The second-order valence-electron chi connectivity index (χ2n) is 13.5. The van der Waals surface area contributed by atoms with Gasteiger partial charge >= 0.3 is 6.09 Å². The van der Waals surface area contributed by atoms with E-state index in [9.17, 15) is 19.2 Å². The molecule has 268 valence electrons. The monoisotopic (exact) mass is 694 g/mol. The Labute approximate surface area is 297 Å². The van der Waals surface area contributed by atoms with Gasteiger partial charge in [0.1, 0.15) is 17.7 Å². The lowest BCUT2D eigenvalue weighted by Crippen LogP contribution is -2.51. The number of aryl methyl sites for hydroxylation is 2. The highest BCUT2D eigenvalue weighted by Gasteiger charge is 2.34. The topological polar surface area (TPSA) is 165 Å². The third-order valence-electron chi connectivity index (χ3n) is 9.72. The molecule has 0 saturated carbocycles. The van der Waals surface area contributed by atoms with Crippen LogP contribution in [0.1, 0.15) is 69.0 Å². The predicted octanol–water partition coefficient (Wildman–Crippen LogP) is 4.76. The Morgan fingerprint density at radius 2 is 1.84 bits per heavy atom. The Kier molecular flexibility index (Phi) is 10.8. The van der Waals surface area contributed by atoms with E-state index >= 15 is 0 Å². The molecule has 2 atom stereocenters. The van der Waals surface area contributed by atoms with E-state index in [-0.39, 0.29) is 30.3 Å². The summed E-state index contributed by atoms with van der Waals surface area (Å²) < 4.78 is 4.74. The van der Waals surface area contributed by atoms with Crippen molar-refractivity contribution >= 4 is 24.3 Å². The lowest BCUT2D eigenvalue weighted by molar-refractivity contribution is -0.135. The summed E-state index contributed by atoms with van der Waals surface area (Å²) in [6.07, 6.45) is 5.90. The SMILES string of the molecule is CCCN(Cc1ncc(-c2ccc(-c3ccc4c(c3)CCc3nc([C@@H]5CCCN5C(=O)CNC=O)[nH]c3-4)cc2)[nH]1)C(=O)C(NC(=O)OC)C(C)C. The number of ether oxygens (including phenoxy) is 1. The molecule has 4 N–H and O–H groups in total. The van der Waals surface area contributed by atoms with E-state index in [1.54, 1.807) is 11.1 Å². The number of amides is 4. The van der Waals surface area contributed by atoms with Crippen molar-refractivity contribution in [2.24, 2.45) is 5.92 Å². The van der Waals surface area contributed by atoms with E-state index in [1.807, 2.05) is 25.7 Å². The van der Waals surface area contributed by atoms with E-state index in [4.69, 9.17) is 9.72 Å². The van der Waals surface area contributed by atoms with Crippen molar-refractivity contribution in [1.29, 1.82) is 0 Å². The number of carbonyl (C=O) groups is 4. The van der Waals surface area contributed by atoms with Crippen LogP contribution in [0.5, 0.6) is 0 Å². The molecule has 2 aliphatic rings. The zero-order valence-corrected chi connectivity index (χ0v) is 29.6. The molecule has 1 fully saturated rings. The van der Waals surface area contributed by atoms with Gasteiger partial charge in [-0.15, -0.1) is 0 Å². The number of hydrogen-bond donors (Lipinski definition) is 4. The van der Waals surface area contributed by atoms with Gasteiger partial charge in [-0.05, 0) is 60.3 Å². The Morgan fingerprint density at radius 1 is 1.08 bits per heavy atom. The Bertz CT molecular complexity index is 1880. The first-order valence-electron chi connectivity index (χ1n) is 17.7. The zero-order chi connectivity index (χ0) is 36.1. The smallest absolute Gasteiger partial charge is 0.407 e. The summed E-state index contributed by atoms with van der Waals surface area (Å²) in [4.78, 5) is 68.7. The highest BCUT2D eigenvalue weighted by molar-refractivity contribution is 5.86. The number of nitrogens with zero attached hydrogens (tertiary/aromatic N) is 4. The first-order chi connectivity index (χ1) is 24.7. The number of aromatic nitrogens is 4. The van der Waals surface area contributed by atoms with Gasteiger partial charge in [0.25, 0.3) is 0 Å². The average molecular weight is 695 g/mol. The van der Waals surface area contributed by atoms with Gasteiger partial charge in [-0.25, -0.2) is 14.8 Å². The lowest BCUT2D eigenvalue weighted by Gasteiger charge is -2.28. The number of likely N-dealkylation sites (tertiary alicyclic amines) is 1. The molecule has 2 aromatic carbocycles. The maximum Gasteiger partial charge on any atom is 0.407 e. The summed E-state index contributed by atoms with van der Waals surface area (Å²) in [7, 11) is 1.28. The van der Waals surface area contributed by atoms with Crippen molar-refractivity contribution in [2.75, 3.05) is 26.7 Å². The van der Waals surface area contributed by atoms with Crippen molar-refractivity contribution < 1.29 is 23.9 Å². The standard InChI is InChI=1S/C38H46N8O5/c1-5-16-45(37(49)34(23(2)3)44-38(50)51-4)21-32-40-19-30(41-32)25-10-8-24(9-11-25)26-12-14-28-27(18-26)13-15-29-35(28)43-36(42-29)31-7-6-17-46(31)33(48)20-39-22-47/h8-12,14,18-19,22-23,31,34H,5-7,13,15-17,20-21H2,1-4H3,(H,39,47)(H,40,41)(H,42,43)(H,44,50)/t31-,34?/m0/s1. The quantitative estimate of drug-likeness (QED) is 0.147. The van der Waals surface area contributed by atoms with Gasteiger partial charge in [-0.1, -0.05) is 63.2 Å². The number of nitrogens with one attached hydrogen (secondary N) is 4. The fourth-order valence-corrected chi connectivity index (χ4v) is 7.09. The first kappa shape index (κ1) is 35.4. The Morgan fingerprint density at radius 3 is 2.57 bits per heavy atom. The van der Waals surface area contributed by atoms with Crippen LogP contribution in [-0.4, -0.2) is 86.8 Å². The van der Waals surface area contributed by atoms with Crippen molar-refractivity contribution in [3.63, 3.8) is 0 Å². The van der Waals surface area contributed by atoms with Gasteiger partial charge in [0.15, 0.2) is 0 Å². The summed E-state index contributed by atoms with van der Waals surface area (Å²) in [6.45, 7) is 7.26. The molecule has 51 heavy (non-hydrogen) atoms. The molecular weight excluding hydrogens is 648 g/mol. The second kappa shape index (κ2) is 15.6. The van der Waals surface area contributed by atoms with Gasteiger partial charge in [0, 0.05) is 18.7 Å². The molecule has 0 radical (unpaired) electrons. The molecular formula is C38H46N8O5. The number of H-pyrrole nitrogens is 2. The predicted molar refractivity (Wildman–Crippen MR) is 192 cm³/mol. The molecule has 0 bridgehead atoms. The molecule has 13 nitrogen and oxygen atoms in total.